The van der Waals surface area contributed by atoms with Crippen LogP contribution in [0.5, 0.6) is 0 Å². The van der Waals surface area contributed by atoms with Crippen LogP contribution in [0.1, 0.15) is 70.5 Å². The molecular weight excluding hydrogens is 242 g/mol. The van der Waals surface area contributed by atoms with Crippen molar-refractivity contribution in [3.63, 3.8) is 0 Å². The summed E-state index contributed by atoms with van der Waals surface area (Å²) in [5.41, 5.74) is 2.89. The van der Waals surface area contributed by atoms with Crippen LogP contribution < -0.4 is 5.32 Å². The fourth-order valence-corrected chi connectivity index (χ4v) is 3.51. The highest BCUT2D eigenvalue weighted by molar-refractivity contribution is 5.25. The highest BCUT2D eigenvalue weighted by Crippen LogP contribution is 2.31. The van der Waals surface area contributed by atoms with Crippen LogP contribution in [-0.4, -0.2) is 6.04 Å². The Morgan fingerprint density at radius 2 is 1.80 bits per heavy atom. The molecule has 0 spiro atoms. The summed E-state index contributed by atoms with van der Waals surface area (Å²) < 4.78 is 0. The van der Waals surface area contributed by atoms with Gasteiger partial charge in [-0.3, -0.25) is 0 Å². The molecule has 0 bridgehead atoms. The molecule has 1 aliphatic carbocycles. The molecule has 0 aliphatic heterocycles. The Morgan fingerprint density at radius 1 is 1.10 bits per heavy atom. The number of rotatable bonds is 5. The third-order valence-electron chi connectivity index (χ3n) is 5.32. The predicted molar refractivity (Wildman–Crippen MR) is 88.0 cm³/mol. The fraction of sp³-hybridized carbons (Fsp3) is 0.684. The lowest BCUT2D eigenvalue weighted by Gasteiger charge is -2.37. The molecule has 112 valence electrons. The summed E-state index contributed by atoms with van der Waals surface area (Å²) in [4.78, 5) is 0. The van der Waals surface area contributed by atoms with Crippen LogP contribution in [0.3, 0.4) is 0 Å². The van der Waals surface area contributed by atoms with E-state index in [1.165, 1.54) is 36.8 Å². The first-order valence-corrected chi connectivity index (χ1v) is 8.50. The predicted octanol–water partition coefficient (Wildman–Crippen LogP) is 5.11. The first kappa shape index (κ1) is 15.6. The van der Waals surface area contributed by atoms with Gasteiger partial charge in [0.2, 0.25) is 0 Å². The lowest BCUT2D eigenvalue weighted by Crippen LogP contribution is -2.42. The molecule has 1 aliphatic rings. The van der Waals surface area contributed by atoms with E-state index in [-0.39, 0.29) is 0 Å². The molecule has 1 fully saturated rings. The highest BCUT2D eigenvalue weighted by Gasteiger charge is 2.28. The van der Waals surface area contributed by atoms with Gasteiger partial charge in [-0.25, -0.2) is 0 Å². The van der Waals surface area contributed by atoms with Crippen molar-refractivity contribution in [1.29, 1.82) is 0 Å². The summed E-state index contributed by atoms with van der Waals surface area (Å²) in [6.07, 6.45) is 6.43. The Balaban J connectivity index is 2.03. The number of hydrogen-bond acceptors (Lipinski definition) is 1. The van der Waals surface area contributed by atoms with Crippen LogP contribution in [0.25, 0.3) is 0 Å². The van der Waals surface area contributed by atoms with Crippen LogP contribution in [0, 0.1) is 11.8 Å². The third kappa shape index (κ3) is 3.63. The molecule has 0 radical (unpaired) electrons. The minimum Gasteiger partial charge on any atom is -0.307 e. The molecule has 1 nitrogen and oxygen atoms in total. The van der Waals surface area contributed by atoms with Crippen molar-refractivity contribution in [2.75, 3.05) is 0 Å². The molecule has 1 N–H and O–H groups in total. The van der Waals surface area contributed by atoms with Gasteiger partial charge in [0, 0.05) is 12.1 Å². The molecule has 2 rings (SSSR count). The number of hydrogen-bond donors (Lipinski definition) is 1. The number of aryl methyl sites for hydroxylation is 1. The van der Waals surface area contributed by atoms with Crippen molar-refractivity contribution >= 4 is 0 Å². The lowest BCUT2D eigenvalue weighted by molar-refractivity contribution is 0.192. The normalized spacial score (nSPS) is 28.3. The molecule has 0 amide bonds. The second-order valence-corrected chi connectivity index (χ2v) is 6.60. The zero-order valence-electron chi connectivity index (χ0n) is 13.7. The van der Waals surface area contributed by atoms with Gasteiger partial charge in [-0.15, -0.1) is 0 Å². The van der Waals surface area contributed by atoms with E-state index in [0.29, 0.717) is 12.1 Å². The summed E-state index contributed by atoms with van der Waals surface area (Å²) in [7, 11) is 0. The summed E-state index contributed by atoms with van der Waals surface area (Å²) in [6.45, 7) is 9.35. The van der Waals surface area contributed by atoms with E-state index >= 15 is 0 Å². The molecule has 1 aromatic carbocycles. The van der Waals surface area contributed by atoms with Gasteiger partial charge in [-0.1, -0.05) is 64.8 Å². The van der Waals surface area contributed by atoms with Gasteiger partial charge in [-0.05, 0) is 42.2 Å². The maximum absolute atomic E-state index is 3.94. The zero-order valence-corrected chi connectivity index (χ0v) is 13.7. The van der Waals surface area contributed by atoms with Crippen LogP contribution in [0.4, 0.5) is 0 Å². The van der Waals surface area contributed by atoms with Gasteiger partial charge in [0.25, 0.3) is 0 Å². The molecular formula is C19H31N. The van der Waals surface area contributed by atoms with Crippen molar-refractivity contribution in [1.82, 2.24) is 5.32 Å². The second-order valence-electron chi connectivity index (χ2n) is 6.60. The van der Waals surface area contributed by atoms with Gasteiger partial charge >= 0.3 is 0 Å². The van der Waals surface area contributed by atoms with Crippen molar-refractivity contribution < 1.29 is 0 Å². The van der Waals surface area contributed by atoms with E-state index in [2.05, 4.69) is 57.3 Å². The zero-order chi connectivity index (χ0) is 14.5. The first-order valence-electron chi connectivity index (χ1n) is 8.50. The molecule has 20 heavy (non-hydrogen) atoms. The average molecular weight is 273 g/mol. The van der Waals surface area contributed by atoms with Gasteiger partial charge in [0.1, 0.15) is 0 Å². The Bertz CT molecular complexity index is 395. The standard InChI is InChI=1S/C19H31N/c1-5-16-10-12-17(13-11-16)18(6-2)20-19-9-7-8-14(3)15(19)4/h10-15,18-20H,5-9H2,1-4H3. The minimum absolute atomic E-state index is 0.513. The second kappa shape index (κ2) is 7.26. The SMILES string of the molecule is CCc1ccc(C(CC)NC2CCCC(C)C2C)cc1. The summed E-state index contributed by atoms with van der Waals surface area (Å²) in [6, 6.07) is 10.4. The molecule has 0 saturated heterocycles. The van der Waals surface area contributed by atoms with E-state index in [1.807, 2.05) is 0 Å². The maximum atomic E-state index is 3.94. The molecule has 1 heteroatoms. The van der Waals surface area contributed by atoms with E-state index < -0.39 is 0 Å². The smallest absolute Gasteiger partial charge is 0.0320 e. The summed E-state index contributed by atoms with van der Waals surface area (Å²) >= 11 is 0. The van der Waals surface area contributed by atoms with Gasteiger partial charge < -0.3 is 5.32 Å². The van der Waals surface area contributed by atoms with Crippen LogP contribution in [0.15, 0.2) is 24.3 Å². The highest BCUT2D eigenvalue weighted by atomic mass is 15.0. The van der Waals surface area contributed by atoms with Gasteiger partial charge in [0.15, 0.2) is 0 Å². The van der Waals surface area contributed by atoms with Crippen molar-refractivity contribution in [3.8, 4) is 0 Å². The van der Waals surface area contributed by atoms with Crippen molar-refractivity contribution in [2.24, 2.45) is 11.8 Å². The summed E-state index contributed by atoms with van der Waals surface area (Å²) in [5, 5.41) is 3.94. The van der Waals surface area contributed by atoms with Crippen molar-refractivity contribution in [2.45, 2.75) is 71.9 Å². The molecule has 4 atom stereocenters. The summed E-state index contributed by atoms with van der Waals surface area (Å²) in [5.74, 6) is 1.66. The Hall–Kier alpha value is -0.820. The van der Waals surface area contributed by atoms with Crippen LogP contribution in [-0.2, 0) is 6.42 Å². The Morgan fingerprint density at radius 3 is 2.40 bits per heavy atom. The third-order valence-corrected chi connectivity index (χ3v) is 5.32. The minimum atomic E-state index is 0.513. The molecule has 4 unspecified atom stereocenters. The van der Waals surface area contributed by atoms with Crippen molar-refractivity contribution in [3.05, 3.63) is 35.4 Å². The van der Waals surface area contributed by atoms with E-state index in [9.17, 15) is 0 Å². The van der Waals surface area contributed by atoms with E-state index in [0.717, 1.165) is 18.3 Å². The lowest BCUT2D eigenvalue weighted by atomic mass is 9.77. The number of nitrogens with one attached hydrogen (secondary N) is 1. The number of benzene rings is 1. The topological polar surface area (TPSA) is 12.0 Å². The first-order chi connectivity index (χ1) is 9.65. The molecule has 1 aromatic rings. The van der Waals surface area contributed by atoms with Gasteiger partial charge in [0.05, 0.1) is 0 Å². The molecule has 0 heterocycles. The quantitative estimate of drug-likeness (QED) is 0.785. The fourth-order valence-electron chi connectivity index (χ4n) is 3.51. The van der Waals surface area contributed by atoms with E-state index in [1.54, 1.807) is 0 Å². The van der Waals surface area contributed by atoms with Gasteiger partial charge in [-0.2, -0.15) is 0 Å². The van der Waals surface area contributed by atoms with E-state index in [4.69, 9.17) is 0 Å². The molecule has 1 saturated carbocycles. The Labute approximate surface area is 125 Å². The van der Waals surface area contributed by atoms with Crippen LogP contribution >= 0.6 is 0 Å². The average Bonchev–Trinajstić information content (AvgIpc) is 2.49. The largest absolute Gasteiger partial charge is 0.307 e. The molecule has 0 aromatic heterocycles. The van der Waals surface area contributed by atoms with Crippen LogP contribution in [0.2, 0.25) is 0 Å². The maximum Gasteiger partial charge on any atom is 0.0320 e. The Kier molecular flexibility index (Phi) is 5.65. The monoisotopic (exact) mass is 273 g/mol.